The van der Waals surface area contributed by atoms with Crippen molar-refractivity contribution >= 4 is 21.6 Å². The molecule has 0 aliphatic carbocycles. The Bertz CT molecular complexity index is 1190. The summed E-state index contributed by atoms with van der Waals surface area (Å²) >= 11 is 0. The van der Waals surface area contributed by atoms with Crippen LogP contribution < -0.4 is 10.1 Å². The lowest BCUT2D eigenvalue weighted by Gasteiger charge is -2.21. The maximum absolute atomic E-state index is 13.2. The summed E-state index contributed by atoms with van der Waals surface area (Å²) in [6, 6.07) is 11.8. The van der Waals surface area contributed by atoms with Crippen LogP contribution in [0.15, 0.2) is 53.7 Å². The number of benzene rings is 2. The molecule has 174 valence electrons. The normalized spacial score (nSPS) is 15.1. The van der Waals surface area contributed by atoms with E-state index < -0.39 is 10.0 Å². The molecule has 0 spiro atoms. The van der Waals surface area contributed by atoms with Gasteiger partial charge in [0.2, 0.25) is 15.9 Å². The average Bonchev–Trinajstić information content (AvgIpc) is 3.21. The number of tetrazole rings is 1. The maximum Gasteiger partial charge on any atom is 0.243 e. The number of amides is 1. The Labute approximate surface area is 192 Å². The van der Waals surface area contributed by atoms with Crippen molar-refractivity contribution in [3.8, 4) is 11.4 Å². The van der Waals surface area contributed by atoms with Crippen LogP contribution in [0.2, 0.25) is 0 Å². The molecule has 1 aliphatic rings. The number of ether oxygens (including phenoxy) is 1. The number of nitrogens with one attached hydrogen (secondary N) is 1. The quantitative estimate of drug-likeness (QED) is 0.563. The summed E-state index contributed by atoms with van der Waals surface area (Å²) in [4.78, 5) is 12.9. The zero-order valence-electron chi connectivity index (χ0n) is 18.3. The zero-order chi connectivity index (χ0) is 23.3. The first-order valence-electron chi connectivity index (χ1n) is 10.8. The van der Waals surface area contributed by atoms with E-state index in [1.54, 1.807) is 6.07 Å². The van der Waals surface area contributed by atoms with E-state index in [9.17, 15) is 13.2 Å². The number of hydrogen-bond donors (Lipinski definition) is 1. The molecule has 1 aliphatic heterocycles. The third-order valence-electron chi connectivity index (χ3n) is 5.56. The number of sulfonamides is 1. The zero-order valence-corrected chi connectivity index (χ0v) is 19.2. The van der Waals surface area contributed by atoms with Gasteiger partial charge in [-0.25, -0.2) is 13.1 Å². The molecule has 3 aromatic rings. The number of aromatic nitrogens is 4. The van der Waals surface area contributed by atoms with Crippen LogP contribution in [0.5, 0.6) is 5.75 Å². The van der Waals surface area contributed by atoms with E-state index in [1.807, 2.05) is 24.3 Å². The molecule has 10 nitrogen and oxygen atoms in total. The molecule has 1 saturated heterocycles. The molecular formula is C22H26N6O4S. The first kappa shape index (κ1) is 22.9. The Balaban J connectivity index is 1.49. The van der Waals surface area contributed by atoms with Crippen molar-refractivity contribution in [2.75, 3.05) is 25.5 Å². The van der Waals surface area contributed by atoms with Gasteiger partial charge in [0.05, 0.1) is 29.8 Å². The van der Waals surface area contributed by atoms with E-state index in [2.05, 4.69) is 20.8 Å². The van der Waals surface area contributed by atoms with E-state index in [4.69, 9.17) is 4.74 Å². The van der Waals surface area contributed by atoms with Gasteiger partial charge in [-0.05, 0) is 59.2 Å². The minimum Gasteiger partial charge on any atom is -0.495 e. The van der Waals surface area contributed by atoms with Crippen LogP contribution in [-0.4, -0.2) is 59.0 Å². The summed E-state index contributed by atoms with van der Waals surface area (Å²) in [6.45, 7) is 1.02. The fraction of sp³-hybridized carbons (Fsp3) is 0.364. The molecule has 4 rings (SSSR count). The number of rotatable bonds is 7. The maximum atomic E-state index is 13.2. The Morgan fingerprint density at radius 2 is 1.79 bits per heavy atom. The summed E-state index contributed by atoms with van der Waals surface area (Å²) in [6.07, 6.45) is 5.37. The number of hydrogen-bond acceptors (Lipinski definition) is 7. The first-order chi connectivity index (χ1) is 16.0. The van der Waals surface area contributed by atoms with Crippen molar-refractivity contribution in [3.63, 3.8) is 0 Å². The molecule has 1 amide bonds. The van der Waals surface area contributed by atoms with Crippen molar-refractivity contribution < 1.29 is 17.9 Å². The second kappa shape index (κ2) is 10.1. The molecule has 1 fully saturated rings. The first-order valence-corrected chi connectivity index (χ1v) is 12.2. The summed E-state index contributed by atoms with van der Waals surface area (Å²) in [5.74, 6) is 0.111. The number of carbonyl (C=O) groups is 1. The fourth-order valence-corrected chi connectivity index (χ4v) is 5.35. The van der Waals surface area contributed by atoms with Crippen molar-refractivity contribution in [3.05, 3.63) is 54.4 Å². The van der Waals surface area contributed by atoms with E-state index in [0.29, 0.717) is 24.5 Å². The smallest absolute Gasteiger partial charge is 0.243 e. The SMILES string of the molecule is COc1ccc(S(=O)(=O)N2CCCCCC2)cc1NC(=O)Cc1ccc(-n2cnnn2)cc1. The minimum absolute atomic E-state index is 0.113. The summed E-state index contributed by atoms with van der Waals surface area (Å²) < 4.78 is 34.7. The van der Waals surface area contributed by atoms with Crippen LogP contribution >= 0.6 is 0 Å². The summed E-state index contributed by atoms with van der Waals surface area (Å²) in [5, 5.41) is 13.8. The van der Waals surface area contributed by atoms with Crippen molar-refractivity contribution in [2.24, 2.45) is 0 Å². The predicted molar refractivity (Wildman–Crippen MR) is 122 cm³/mol. The van der Waals surface area contributed by atoms with Crippen molar-refractivity contribution in [1.82, 2.24) is 24.5 Å². The molecule has 11 heteroatoms. The third-order valence-corrected chi connectivity index (χ3v) is 7.46. The van der Waals surface area contributed by atoms with Gasteiger partial charge in [-0.1, -0.05) is 25.0 Å². The fourth-order valence-electron chi connectivity index (χ4n) is 3.80. The van der Waals surface area contributed by atoms with E-state index >= 15 is 0 Å². The van der Waals surface area contributed by atoms with E-state index in [1.165, 1.54) is 34.6 Å². The number of anilines is 1. The molecule has 1 aromatic heterocycles. The monoisotopic (exact) mass is 470 g/mol. The minimum atomic E-state index is -3.65. The summed E-state index contributed by atoms with van der Waals surface area (Å²) in [7, 11) is -2.17. The molecule has 1 N–H and O–H groups in total. The van der Waals surface area contributed by atoms with Gasteiger partial charge >= 0.3 is 0 Å². The highest BCUT2D eigenvalue weighted by Gasteiger charge is 2.26. The topological polar surface area (TPSA) is 119 Å². The Morgan fingerprint density at radius 3 is 2.42 bits per heavy atom. The average molecular weight is 471 g/mol. The third kappa shape index (κ3) is 5.37. The largest absolute Gasteiger partial charge is 0.495 e. The van der Waals surface area contributed by atoms with Gasteiger partial charge in [0.25, 0.3) is 0 Å². The lowest BCUT2D eigenvalue weighted by molar-refractivity contribution is -0.115. The van der Waals surface area contributed by atoms with Crippen LogP contribution in [0, 0.1) is 0 Å². The van der Waals surface area contributed by atoms with Crippen LogP contribution in [0.25, 0.3) is 5.69 Å². The number of nitrogens with zero attached hydrogens (tertiary/aromatic N) is 5. The highest BCUT2D eigenvalue weighted by molar-refractivity contribution is 7.89. The Kier molecular flexibility index (Phi) is 6.99. The van der Waals surface area contributed by atoms with Crippen LogP contribution in [0.3, 0.4) is 0 Å². The van der Waals surface area contributed by atoms with Crippen molar-refractivity contribution in [1.29, 1.82) is 0 Å². The van der Waals surface area contributed by atoms with Gasteiger partial charge in [0, 0.05) is 13.1 Å². The van der Waals surface area contributed by atoms with E-state index in [0.717, 1.165) is 36.9 Å². The van der Waals surface area contributed by atoms with E-state index in [-0.39, 0.29) is 17.2 Å². The molecule has 0 radical (unpaired) electrons. The lowest BCUT2D eigenvalue weighted by Crippen LogP contribution is -2.32. The highest BCUT2D eigenvalue weighted by atomic mass is 32.2. The Morgan fingerprint density at radius 1 is 1.06 bits per heavy atom. The van der Waals surface area contributed by atoms with Gasteiger partial charge in [0.15, 0.2) is 0 Å². The molecule has 0 unspecified atom stereocenters. The second-order valence-electron chi connectivity index (χ2n) is 7.83. The highest BCUT2D eigenvalue weighted by Crippen LogP contribution is 2.30. The predicted octanol–water partition coefficient (Wildman–Crippen LogP) is 2.42. The standard InChI is InChI=1S/C22H26N6O4S/c1-32-21-11-10-19(33(30,31)27-12-4-2-3-5-13-27)15-20(21)24-22(29)14-17-6-8-18(9-7-17)28-16-23-25-26-28/h6-11,15-16H,2-5,12-14H2,1H3,(H,24,29). The van der Waals surface area contributed by atoms with Gasteiger partial charge in [-0.15, -0.1) is 5.10 Å². The van der Waals surface area contributed by atoms with Crippen molar-refractivity contribution in [2.45, 2.75) is 37.0 Å². The van der Waals surface area contributed by atoms with Crippen LogP contribution in [-0.2, 0) is 21.2 Å². The van der Waals surface area contributed by atoms with Crippen LogP contribution in [0.4, 0.5) is 5.69 Å². The molecule has 0 atom stereocenters. The summed E-state index contributed by atoms with van der Waals surface area (Å²) in [5.41, 5.74) is 1.89. The molecular weight excluding hydrogens is 444 g/mol. The number of carbonyl (C=O) groups excluding carboxylic acids is 1. The molecule has 0 saturated carbocycles. The lowest BCUT2D eigenvalue weighted by atomic mass is 10.1. The van der Waals surface area contributed by atoms with Gasteiger partial charge in [-0.3, -0.25) is 4.79 Å². The molecule has 33 heavy (non-hydrogen) atoms. The van der Waals surface area contributed by atoms with Gasteiger partial charge < -0.3 is 10.1 Å². The number of methoxy groups -OCH3 is 1. The molecule has 2 heterocycles. The van der Waals surface area contributed by atoms with Crippen LogP contribution in [0.1, 0.15) is 31.2 Å². The Hall–Kier alpha value is -3.31. The molecule has 0 bridgehead atoms. The van der Waals surface area contributed by atoms with Gasteiger partial charge in [0.1, 0.15) is 12.1 Å². The molecule has 2 aromatic carbocycles. The second-order valence-corrected chi connectivity index (χ2v) is 9.76. The van der Waals surface area contributed by atoms with Gasteiger partial charge in [-0.2, -0.15) is 4.31 Å².